The van der Waals surface area contributed by atoms with E-state index in [1.807, 2.05) is 16.0 Å². The normalized spacial score (nSPS) is 18.7. The second-order valence-corrected chi connectivity index (χ2v) is 6.51. The Hall–Kier alpha value is -0.660. The van der Waals surface area contributed by atoms with Crippen LogP contribution in [0.3, 0.4) is 0 Å². The molecular weight excluding hydrogens is 298 g/mol. The molecule has 0 atom stereocenters. The van der Waals surface area contributed by atoms with Gasteiger partial charge in [0.2, 0.25) is 0 Å². The van der Waals surface area contributed by atoms with Crippen LogP contribution in [0.1, 0.15) is 18.5 Å². The number of fused-ring (bicyclic) bond motifs is 1. The molecule has 20 heavy (non-hydrogen) atoms. The van der Waals surface area contributed by atoms with E-state index in [9.17, 15) is 5.11 Å². The number of hydrogen-bond acceptors (Lipinski definition) is 5. The Morgan fingerprint density at radius 2 is 2.30 bits per heavy atom. The van der Waals surface area contributed by atoms with Gasteiger partial charge in [-0.05, 0) is 12.8 Å². The zero-order chi connectivity index (χ0) is 14.0. The van der Waals surface area contributed by atoms with Crippen molar-refractivity contribution in [1.82, 2.24) is 14.7 Å². The van der Waals surface area contributed by atoms with Crippen molar-refractivity contribution in [2.24, 2.45) is 5.41 Å². The average Bonchev–Trinajstić information content (AvgIpc) is 3.02. The van der Waals surface area contributed by atoms with Crippen LogP contribution >= 0.6 is 22.9 Å². The molecule has 0 radical (unpaired) electrons. The summed E-state index contributed by atoms with van der Waals surface area (Å²) in [6.07, 6.45) is 3.77. The van der Waals surface area contributed by atoms with Gasteiger partial charge in [-0.1, -0.05) is 11.6 Å². The molecule has 0 saturated carbocycles. The SMILES string of the molecule is OCC1(CNCc2c(Cl)nc3sccn23)CCOCC1. The van der Waals surface area contributed by atoms with Gasteiger partial charge < -0.3 is 15.2 Å². The number of ether oxygens (including phenoxy) is 1. The summed E-state index contributed by atoms with van der Waals surface area (Å²) in [6.45, 7) is 3.06. The second kappa shape index (κ2) is 5.99. The molecule has 2 N–H and O–H groups in total. The fraction of sp³-hybridized carbons (Fsp3) is 0.615. The Morgan fingerprint density at radius 3 is 3.05 bits per heavy atom. The van der Waals surface area contributed by atoms with Crippen molar-refractivity contribution in [3.05, 3.63) is 22.4 Å². The van der Waals surface area contributed by atoms with Gasteiger partial charge in [0.1, 0.15) is 0 Å². The number of aliphatic hydroxyl groups excluding tert-OH is 1. The third-order valence-corrected chi connectivity index (χ3v) is 5.05. The first-order valence-corrected chi connectivity index (χ1v) is 7.99. The molecule has 0 unspecified atom stereocenters. The number of thiazole rings is 1. The van der Waals surface area contributed by atoms with Crippen LogP contribution in [-0.2, 0) is 11.3 Å². The maximum atomic E-state index is 9.65. The molecule has 0 aromatic carbocycles. The van der Waals surface area contributed by atoms with Crippen LogP contribution in [-0.4, -0.2) is 40.9 Å². The minimum Gasteiger partial charge on any atom is -0.396 e. The van der Waals surface area contributed by atoms with E-state index < -0.39 is 0 Å². The van der Waals surface area contributed by atoms with Crippen LogP contribution in [0, 0.1) is 5.41 Å². The van der Waals surface area contributed by atoms with E-state index in [0.717, 1.165) is 43.3 Å². The molecule has 3 rings (SSSR count). The zero-order valence-electron chi connectivity index (χ0n) is 11.1. The number of nitrogens with zero attached hydrogens (tertiary/aromatic N) is 2. The summed E-state index contributed by atoms with van der Waals surface area (Å²) in [5, 5.41) is 15.6. The fourth-order valence-electron chi connectivity index (χ4n) is 2.61. The molecule has 2 aromatic rings. The van der Waals surface area contributed by atoms with Crippen LogP contribution < -0.4 is 5.32 Å². The van der Waals surface area contributed by atoms with Gasteiger partial charge in [0.25, 0.3) is 0 Å². The van der Waals surface area contributed by atoms with Crippen molar-refractivity contribution < 1.29 is 9.84 Å². The number of halogens is 1. The highest BCUT2D eigenvalue weighted by Crippen LogP contribution is 2.29. The molecule has 1 aliphatic heterocycles. The quantitative estimate of drug-likeness (QED) is 0.885. The van der Waals surface area contributed by atoms with Gasteiger partial charge in [-0.3, -0.25) is 4.40 Å². The minimum absolute atomic E-state index is 0.0663. The van der Waals surface area contributed by atoms with Crippen molar-refractivity contribution in [3.8, 4) is 0 Å². The highest BCUT2D eigenvalue weighted by atomic mass is 35.5. The molecular formula is C13H18ClN3O2S. The number of rotatable bonds is 5. The Morgan fingerprint density at radius 1 is 1.50 bits per heavy atom. The first-order chi connectivity index (χ1) is 9.74. The minimum atomic E-state index is -0.0663. The number of aromatic nitrogens is 2. The topological polar surface area (TPSA) is 58.8 Å². The Kier molecular flexibility index (Phi) is 4.28. The lowest BCUT2D eigenvalue weighted by molar-refractivity contribution is -0.0154. The summed E-state index contributed by atoms with van der Waals surface area (Å²) < 4.78 is 7.38. The maximum absolute atomic E-state index is 9.65. The fourth-order valence-corrected chi connectivity index (χ4v) is 3.63. The van der Waals surface area contributed by atoms with Gasteiger partial charge in [0, 0.05) is 43.3 Å². The van der Waals surface area contributed by atoms with Crippen molar-refractivity contribution in [2.45, 2.75) is 19.4 Å². The highest BCUT2D eigenvalue weighted by molar-refractivity contribution is 7.15. The number of imidazole rings is 1. The number of hydrogen-bond donors (Lipinski definition) is 2. The predicted molar refractivity (Wildman–Crippen MR) is 79.4 cm³/mol. The molecule has 1 aliphatic rings. The molecule has 7 heteroatoms. The van der Waals surface area contributed by atoms with Crippen LogP contribution in [0.25, 0.3) is 4.96 Å². The molecule has 0 spiro atoms. The lowest BCUT2D eigenvalue weighted by Crippen LogP contribution is -2.41. The molecule has 0 bridgehead atoms. The molecule has 0 amide bonds. The molecule has 1 saturated heterocycles. The van der Waals surface area contributed by atoms with E-state index in [1.165, 1.54) is 0 Å². The van der Waals surface area contributed by atoms with Gasteiger partial charge in [0.05, 0.1) is 12.3 Å². The van der Waals surface area contributed by atoms with E-state index in [-0.39, 0.29) is 12.0 Å². The van der Waals surface area contributed by atoms with Gasteiger partial charge in [-0.2, -0.15) is 0 Å². The second-order valence-electron chi connectivity index (χ2n) is 5.28. The monoisotopic (exact) mass is 315 g/mol. The van der Waals surface area contributed by atoms with Gasteiger partial charge in [-0.15, -0.1) is 11.3 Å². The summed E-state index contributed by atoms with van der Waals surface area (Å²) in [6, 6.07) is 0. The largest absolute Gasteiger partial charge is 0.396 e. The third kappa shape index (κ3) is 2.71. The van der Waals surface area contributed by atoms with E-state index in [2.05, 4.69) is 10.3 Å². The molecule has 2 aromatic heterocycles. The van der Waals surface area contributed by atoms with E-state index in [0.29, 0.717) is 11.7 Å². The highest BCUT2D eigenvalue weighted by Gasteiger charge is 2.31. The summed E-state index contributed by atoms with van der Waals surface area (Å²) in [5.41, 5.74) is 0.909. The van der Waals surface area contributed by atoms with Crippen molar-refractivity contribution in [3.63, 3.8) is 0 Å². The zero-order valence-corrected chi connectivity index (χ0v) is 12.7. The Balaban J connectivity index is 1.64. The summed E-state index contributed by atoms with van der Waals surface area (Å²) in [4.78, 5) is 5.23. The predicted octanol–water partition coefficient (Wildman–Crippen LogP) is 1.93. The number of nitrogens with one attached hydrogen (secondary N) is 1. The van der Waals surface area contributed by atoms with E-state index in [4.69, 9.17) is 16.3 Å². The Bertz CT molecular complexity index is 577. The smallest absolute Gasteiger partial charge is 0.195 e. The first-order valence-electron chi connectivity index (χ1n) is 6.73. The van der Waals surface area contributed by atoms with Crippen LogP contribution in [0.2, 0.25) is 5.15 Å². The van der Waals surface area contributed by atoms with E-state index >= 15 is 0 Å². The van der Waals surface area contributed by atoms with Gasteiger partial charge in [0.15, 0.2) is 10.1 Å². The van der Waals surface area contributed by atoms with Gasteiger partial charge in [-0.25, -0.2) is 4.98 Å². The first kappa shape index (κ1) is 14.3. The molecule has 1 fully saturated rings. The van der Waals surface area contributed by atoms with E-state index in [1.54, 1.807) is 11.3 Å². The van der Waals surface area contributed by atoms with Gasteiger partial charge >= 0.3 is 0 Å². The van der Waals surface area contributed by atoms with Crippen LogP contribution in [0.5, 0.6) is 0 Å². The lowest BCUT2D eigenvalue weighted by Gasteiger charge is -2.35. The summed E-state index contributed by atoms with van der Waals surface area (Å²) in [7, 11) is 0. The Labute approximate surface area is 126 Å². The standard InChI is InChI=1S/C13H18ClN3O2S/c14-11-10(17-3-6-20-12(17)16-11)7-15-8-13(9-18)1-4-19-5-2-13/h3,6,15,18H,1-2,4-5,7-9H2. The third-order valence-electron chi connectivity index (χ3n) is 3.99. The van der Waals surface area contributed by atoms with Crippen molar-refractivity contribution in [2.75, 3.05) is 26.4 Å². The molecule has 3 heterocycles. The van der Waals surface area contributed by atoms with Crippen molar-refractivity contribution in [1.29, 1.82) is 0 Å². The van der Waals surface area contributed by atoms with Crippen LogP contribution in [0.15, 0.2) is 11.6 Å². The molecule has 0 aliphatic carbocycles. The average molecular weight is 316 g/mol. The summed E-state index contributed by atoms with van der Waals surface area (Å²) >= 11 is 7.74. The van der Waals surface area contributed by atoms with Crippen molar-refractivity contribution >= 4 is 27.9 Å². The maximum Gasteiger partial charge on any atom is 0.195 e. The van der Waals surface area contributed by atoms with Crippen LogP contribution in [0.4, 0.5) is 0 Å². The molecule has 110 valence electrons. The molecule has 5 nitrogen and oxygen atoms in total. The lowest BCUT2D eigenvalue weighted by atomic mass is 9.81. The summed E-state index contributed by atoms with van der Waals surface area (Å²) in [5.74, 6) is 0. The number of aliphatic hydroxyl groups is 1.